The Balaban J connectivity index is 1.92. The highest BCUT2D eigenvalue weighted by atomic mass is 127. The predicted molar refractivity (Wildman–Crippen MR) is 80.6 cm³/mol. The first-order valence-corrected chi connectivity index (χ1v) is 7.83. The molecule has 1 aromatic rings. The van der Waals surface area contributed by atoms with E-state index in [0.29, 0.717) is 13.2 Å². The van der Waals surface area contributed by atoms with E-state index >= 15 is 0 Å². The third-order valence-electron chi connectivity index (χ3n) is 3.99. The molecule has 4 nitrogen and oxygen atoms in total. The zero-order valence-corrected chi connectivity index (χ0v) is 13.4. The summed E-state index contributed by atoms with van der Waals surface area (Å²) in [6.45, 7) is 3.11. The van der Waals surface area contributed by atoms with Gasteiger partial charge in [-0.25, -0.2) is 0 Å². The summed E-state index contributed by atoms with van der Waals surface area (Å²) in [6.07, 6.45) is 1.36. The minimum atomic E-state index is -1.21. The van der Waals surface area contributed by atoms with Crippen LogP contribution in [0.4, 0.5) is 0 Å². The van der Waals surface area contributed by atoms with Crippen LogP contribution in [0.15, 0.2) is 24.3 Å². The number of fused-ring (bicyclic) bond motifs is 3. The van der Waals surface area contributed by atoms with Gasteiger partial charge in [0, 0.05) is 9.13 Å². The normalized spacial score (nSPS) is 35.8. The van der Waals surface area contributed by atoms with Gasteiger partial charge in [-0.1, -0.05) is 13.3 Å². The van der Waals surface area contributed by atoms with Gasteiger partial charge in [0.1, 0.15) is 0 Å². The van der Waals surface area contributed by atoms with Crippen LogP contribution in [-0.2, 0) is 20.2 Å². The Labute approximate surface area is 132 Å². The lowest BCUT2D eigenvalue weighted by molar-refractivity contribution is -0.493. The van der Waals surface area contributed by atoms with Gasteiger partial charge in [0.2, 0.25) is 0 Å². The van der Waals surface area contributed by atoms with Gasteiger partial charge in [-0.2, -0.15) is 5.26 Å². The van der Waals surface area contributed by atoms with Crippen LogP contribution in [0.1, 0.15) is 25.3 Å². The standard InChI is InChI=1S/C15H16INO3/c1-2-7-14-9-18-15(19-10-14,20-13(14)8-17)11-3-5-12(16)6-4-11/h3-6,13H,2,7,9-10H2,1H3. The Hall–Kier alpha value is -0.680. The topological polar surface area (TPSA) is 51.5 Å². The molecule has 2 bridgehead atoms. The van der Waals surface area contributed by atoms with Crippen molar-refractivity contribution < 1.29 is 14.2 Å². The SMILES string of the molecule is CCCC12COC(c3ccc(I)cc3)(OC1)OC2C#N. The van der Waals surface area contributed by atoms with Gasteiger partial charge < -0.3 is 14.2 Å². The molecule has 0 aromatic heterocycles. The molecular weight excluding hydrogens is 369 g/mol. The van der Waals surface area contributed by atoms with E-state index in [9.17, 15) is 5.26 Å². The van der Waals surface area contributed by atoms with Crippen molar-refractivity contribution in [3.63, 3.8) is 0 Å². The monoisotopic (exact) mass is 385 g/mol. The fourth-order valence-corrected chi connectivity index (χ4v) is 3.25. The molecule has 3 aliphatic heterocycles. The molecule has 1 aromatic carbocycles. The fraction of sp³-hybridized carbons (Fsp3) is 0.533. The van der Waals surface area contributed by atoms with E-state index in [0.717, 1.165) is 22.0 Å². The molecule has 4 rings (SSSR count). The van der Waals surface area contributed by atoms with E-state index in [1.54, 1.807) is 0 Å². The van der Waals surface area contributed by atoms with Crippen LogP contribution in [-0.4, -0.2) is 19.3 Å². The quantitative estimate of drug-likeness (QED) is 0.751. The lowest BCUT2D eigenvalue weighted by Crippen LogP contribution is -2.62. The van der Waals surface area contributed by atoms with Crippen molar-refractivity contribution in [1.29, 1.82) is 5.26 Å². The van der Waals surface area contributed by atoms with Crippen molar-refractivity contribution in [2.24, 2.45) is 5.41 Å². The molecule has 0 N–H and O–H groups in total. The van der Waals surface area contributed by atoms with Crippen LogP contribution < -0.4 is 0 Å². The summed E-state index contributed by atoms with van der Waals surface area (Å²) < 4.78 is 18.8. The maximum atomic E-state index is 9.42. The van der Waals surface area contributed by atoms with Crippen LogP contribution in [0.2, 0.25) is 0 Å². The Kier molecular flexibility index (Phi) is 3.75. The second kappa shape index (κ2) is 5.26. The maximum absolute atomic E-state index is 9.42. The molecule has 106 valence electrons. The van der Waals surface area contributed by atoms with Crippen molar-refractivity contribution in [3.05, 3.63) is 33.4 Å². The Bertz CT molecular complexity index is 529. The Morgan fingerprint density at radius 3 is 2.50 bits per heavy atom. The fourth-order valence-electron chi connectivity index (χ4n) is 2.89. The summed E-state index contributed by atoms with van der Waals surface area (Å²) in [6, 6.07) is 10.1. The van der Waals surface area contributed by atoms with Gasteiger partial charge in [-0.15, -0.1) is 0 Å². The van der Waals surface area contributed by atoms with E-state index in [1.165, 1.54) is 0 Å². The number of hydrogen-bond acceptors (Lipinski definition) is 4. The molecule has 3 saturated heterocycles. The lowest BCUT2D eigenvalue weighted by Gasteiger charge is -2.54. The molecule has 3 fully saturated rings. The van der Waals surface area contributed by atoms with Gasteiger partial charge in [0.05, 0.1) is 24.7 Å². The second-order valence-corrected chi connectivity index (χ2v) is 6.63. The smallest absolute Gasteiger partial charge is 0.313 e. The third-order valence-corrected chi connectivity index (χ3v) is 4.71. The maximum Gasteiger partial charge on any atom is 0.313 e. The first-order valence-electron chi connectivity index (χ1n) is 6.75. The van der Waals surface area contributed by atoms with Gasteiger partial charge >= 0.3 is 5.97 Å². The summed E-state index contributed by atoms with van der Waals surface area (Å²) in [5.41, 5.74) is 0.483. The number of hydrogen-bond donors (Lipinski definition) is 0. The predicted octanol–water partition coefficient (Wildman–Crippen LogP) is 3.16. The van der Waals surface area contributed by atoms with E-state index < -0.39 is 12.1 Å². The molecule has 3 heterocycles. The molecule has 20 heavy (non-hydrogen) atoms. The molecule has 0 saturated carbocycles. The number of ether oxygens (including phenoxy) is 3. The summed E-state index contributed by atoms with van der Waals surface area (Å²) in [7, 11) is 0. The molecular formula is C15H16INO3. The van der Waals surface area contributed by atoms with E-state index in [4.69, 9.17) is 14.2 Å². The van der Waals surface area contributed by atoms with Crippen molar-refractivity contribution >= 4 is 22.6 Å². The van der Waals surface area contributed by atoms with Gasteiger partial charge in [0.15, 0.2) is 6.10 Å². The van der Waals surface area contributed by atoms with Crippen LogP contribution >= 0.6 is 22.6 Å². The molecule has 1 unspecified atom stereocenters. The molecule has 0 amide bonds. The van der Waals surface area contributed by atoms with Crippen molar-refractivity contribution in [2.45, 2.75) is 31.8 Å². The Morgan fingerprint density at radius 2 is 1.95 bits per heavy atom. The third kappa shape index (κ3) is 2.15. The van der Waals surface area contributed by atoms with Crippen LogP contribution in [0.5, 0.6) is 0 Å². The number of rotatable bonds is 3. The molecule has 0 spiro atoms. The number of nitrogens with zero attached hydrogens (tertiary/aromatic N) is 1. The summed E-state index contributed by atoms with van der Waals surface area (Å²) >= 11 is 2.24. The van der Waals surface area contributed by atoms with Gasteiger partial charge in [-0.05, 0) is 53.3 Å². The second-order valence-electron chi connectivity index (χ2n) is 5.38. The highest BCUT2D eigenvalue weighted by molar-refractivity contribution is 14.1. The average molecular weight is 385 g/mol. The summed E-state index contributed by atoms with van der Waals surface area (Å²) in [4.78, 5) is 0. The average Bonchev–Trinajstić information content (AvgIpc) is 2.49. The number of halogens is 1. The zero-order chi connectivity index (χ0) is 14.2. The zero-order valence-electron chi connectivity index (χ0n) is 11.3. The molecule has 1 atom stereocenters. The highest BCUT2D eigenvalue weighted by Gasteiger charge is 2.59. The molecule has 0 radical (unpaired) electrons. The van der Waals surface area contributed by atoms with Crippen LogP contribution in [0.25, 0.3) is 0 Å². The highest BCUT2D eigenvalue weighted by Crippen LogP contribution is 2.49. The van der Waals surface area contributed by atoms with Crippen LogP contribution in [0.3, 0.4) is 0 Å². The largest absolute Gasteiger partial charge is 0.323 e. The summed E-state index contributed by atoms with van der Waals surface area (Å²) in [5, 5.41) is 9.42. The molecule has 0 aliphatic carbocycles. The molecule has 5 heteroatoms. The minimum Gasteiger partial charge on any atom is -0.323 e. The van der Waals surface area contributed by atoms with Crippen molar-refractivity contribution in [1.82, 2.24) is 0 Å². The van der Waals surface area contributed by atoms with Crippen molar-refractivity contribution in [3.8, 4) is 6.07 Å². The number of nitriles is 1. The first-order chi connectivity index (χ1) is 9.64. The summed E-state index contributed by atoms with van der Waals surface area (Å²) in [5.74, 6) is -1.21. The van der Waals surface area contributed by atoms with Crippen molar-refractivity contribution in [2.75, 3.05) is 13.2 Å². The van der Waals surface area contributed by atoms with Gasteiger partial charge in [-0.3, -0.25) is 0 Å². The van der Waals surface area contributed by atoms with E-state index in [1.807, 2.05) is 24.3 Å². The van der Waals surface area contributed by atoms with Gasteiger partial charge in [0.25, 0.3) is 0 Å². The van der Waals surface area contributed by atoms with Crippen LogP contribution in [0, 0.1) is 20.3 Å². The first kappa shape index (κ1) is 14.3. The number of benzene rings is 1. The van der Waals surface area contributed by atoms with E-state index in [-0.39, 0.29) is 5.41 Å². The Morgan fingerprint density at radius 1 is 1.30 bits per heavy atom. The lowest BCUT2D eigenvalue weighted by atomic mass is 9.77. The molecule has 3 aliphatic rings. The van der Waals surface area contributed by atoms with E-state index in [2.05, 4.69) is 35.6 Å². The minimum absolute atomic E-state index is 0.325.